The number of carbonyl (C=O) groups excluding carboxylic acids is 1. The molecule has 3 saturated carbocycles. The molecule has 0 aliphatic heterocycles. The lowest BCUT2D eigenvalue weighted by Crippen LogP contribution is -2.50. The van der Waals surface area contributed by atoms with Crippen LogP contribution in [-0.2, 0) is 4.79 Å². The third-order valence-electron chi connectivity index (χ3n) is 8.05. The Morgan fingerprint density at radius 3 is 2.67 bits per heavy atom. The normalized spacial score (nSPS) is 47.4. The predicted octanol–water partition coefficient (Wildman–Crippen LogP) is 4.99. The van der Waals surface area contributed by atoms with E-state index in [-0.39, 0.29) is 22.5 Å². The van der Waals surface area contributed by atoms with Gasteiger partial charge in [0, 0.05) is 6.42 Å². The first-order valence-electron chi connectivity index (χ1n) is 9.31. The van der Waals surface area contributed by atoms with Crippen LogP contribution in [0.4, 0.5) is 0 Å². The van der Waals surface area contributed by atoms with Crippen molar-refractivity contribution in [3.05, 3.63) is 36.0 Å². The minimum absolute atomic E-state index is 0.00870. The number of allylic oxidation sites excluding steroid dienone is 3. The number of fused-ring (bicyclic) bond motifs is 5. The molecule has 2 heteroatoms. The maximum Gasteiger partial charge on any atom is 0.156 e. The SMILES string of the molecule is C=C1C[C@H]2[C@@H]3CC(=C)[C@H](C#N)[C@@]3(C)CC[C@@H]2[C@@]2(C)CCC(=O)C=C12. The molecule has 0 radical (unpaired) electrons. The maximum absolute atomic E-state index is 12.0. The van der Waals surface area contributed by atoms with E-state index < -0.39 is 0 Å². The molecular weight excluding hydrogens is 294 g/mol. The van der Waals surface area contributed by atoms with Gasteiger partial charge in [-0.2, -0.15) is 5.26 Å². The van der Waals surface area contributed by atoms with Crippen molar-refractivity contribution >= 4 is 5.78 Å². The molecule has 126 valence electrons. The summed E-state index contributed by atoms with van der Waals surface area (Å²) in [5.41, 5.74) is 3.72. The van der Waals surface area contributed by atoms with Crippen LogP contribution in [0.3, 0.4) is 0 Å². The highest BCUT2D eigenvalue weighted by Gasteiger charge is 2.60. The molecular formula is C22H27NO. The Morgan fingerprint density at radius 2 is 1.96 bits per heavy atom. The predicted molar refractivity (Wildman–Crippen MR) is 94.9 cm³/mol. The van der Waals surface area contributed by atoms with Crippen molar-refractivity contribution in [3.63, 3.8) is 0 Å². The van der Waals surface area contributed by atoms with Gasteiger partial charge in [-0.15, -0.1) is 0 Å². The summed E-state index contributed by atoms with van der Waals surface area (Å²) in [6.45, 7) is 13.3. The number of ketones is 1. The van der Waals surface area contributed by atoms with E-state index in [0.29, 0.717) is 24.2 Å². The van der Waals surface area contributed by atoms with Gasteiger partial charge >= 0.3 is 0 Å². The third-order valence-corrected chi connectivity index (χ3v) is 8.05. The van der Waals surface area contributed by atoms with Gasteiger partial charge in [0.25, 0.3) is 0 Å². The fraction of sp³-hybridized carbons (Fsp3) is 0.636. The zero-order valence-electron chi connectivity index (χ0n) is 14.9. The van der Waals surface area contributed by atoms with Crippen LogP contribution in [0.5, 0.6) is 0 Å². The minimum atomic E-state index is 0.00870. The first-order valence-corrected chi connectivity index (χ1v) is 9.31. The highest BCUT2D eigenvalue weighted by atomic mass is 16.1. The van der Waals surface area contributed by atoms with Gasteiger partial charge in [0.1, 0.15) is 0 Å². The number of rotatable bonds is 0. The number of nitrogens with zero attached hydrogens (tertiary/aromatic N) is 1. The summed E-state index contributed by atoms with van der Waals surface area (Å²) in [6.07, 6.45) is 7.79. The minimum Gasteiger partial charge on any atom is -0.295 e. The third kappa shape index (κ3) is 1.85. The molecule has 24 heavy (non-hydrogen) atoms. The van der Waals surface area contributed by atoms with Crippen LogP contribution >= 0.6 is 0 Å². The van der Waals surface area contributed by atoms with E-state index >= 15 is 0 Å². The standard InChI is InChI=1S/C22H27NO/c1-13-9-16-17(21(3)7-5-15(24)11-18(13)21)6-8-22(4)19(16)10-14(2)20(22)12-23/h11,16-17,19-20H,1-2,5-10H2,3-4H3/t16-,17+,19+,20+,21-,22+/m1/s1. The Morgan fingerprint density at radius 1 is 1.21 bits per heavy atom. The Hall–Kier alpha value is -1.62. The van der Waals surface area contributed by atoms with Gasteiger partial charge < -0.3 is 0 Å². The van der Waals surface area contributed by atoms with Crippen LogP contribution in [-0.4, -0.2) is 5.78 Å². The zero-order valence-corrected chi connectivity index (χ0v) is 14.9. The van der Waals surface area contributed by atoms with Crippen molar-refractivity contribution in [1.29, 1.82) is 5.26 Å². The van der Waals surface area contributed by atoms with E-state index in [1.54, 1.807) is 0 Å². The van der Waals surface area contributed by atoms with E-state index in [1.165, 1.54) is 17.6 Å². The quantitative estimate of drug-likeness (QED) is 0.590. The Kier molecular flexibility index (Phi) is 3.27. The van der Waals surface area contributed by atoms with Gasteiger partial charge in [-0.1, -0.05) is 38.2 Å². The van der Waals surface area contributed by atoms with E-state index in [0.717, 1.165) is 31.3 Å². The highest BCUT2D eigenvalue weighted by molar-refractivity contribution is 5.92. The van der Waals surface area contributed by atoms with Crippen LogP contribution < -0.4 is 0 Å². The smallest absolute Gasteiger partial charge is 0.156 e. The summed E-state index contributed by atoms with van der Waals surface area (Å²) in [7, 11) is 0. The topological polar surface area (TPSA) is 40.9 Å². The van der Waals surface area contributed by atoms with Crippen LogP contribution in [0.25, 0.3) is 0 Å². The van der Waals surface area contributed by atoms with Crippen LogP contribution in [0, 0.1) is 45.8 Å². The fourth-order valence-corrected chi connectivity index (χ4v) is 6.76. The first kappa shape index (κ1) is 15.9. The summed E-state index contributed by atoms with van der Waals surface area (Å²) >= 11 is 0. The van der Waals surface area contributed by atoms with Crippen LogP contribution in [0.15, 0.2) is 36.0 Å². The molecule has 0 unspecified atom stereocenters. The second-order valence-electron chi connectivity index (χ2n) is 9.10. The maximum atomic E-state index is 12.0. The molecule has 3 fully saturated rings. The second kappa shape index (κ2) is 4.94. The van der Waals surface area contributed by atoms with E-state index in [9.17, 15) is 10.1 Å². The fourth-order valence-electron chi connectivity index (χ4n) is 6.76. The Labute approximate surface area is 145 Å². The van der Waals surface area contributed by atoms with Crippen molar-refractivity contribution < 1.29 is 4.79 Å². The van der Waals surface area contributed by atoms with Gasteiger partial charge in [0.2, 0.25) is 0 Å². The van der Waals surface area contributed by atoms with Crippen molar-refractivity contribution in [3.8, 4) is 6.07 Å². The van der Waals surface area contributed by atoms with Crippen molar-refractivity contribution in [2.45, 2.75) is 52.4 Å². The van der Waals surface area contributed by atoms with Crippen molar-refractivity contribution in [2.24, 2.45) is 34.5 Å². The van der Waals surface area contributed by atoms with E-state index in [4.69, 9.17) is 0 Å². The van der Waals surface area contributed by atoms with Gasteiger partial charge in [-0.25, -0.2) is 0 Å². The molecule has 4 rings (SSSR count). The zero-order chi connectivity index (χ0) is 17.3. The lowest BCUT2D eigenvalue weighted by atomic mass is 9.46. The van der Waals surface area contributed by atoms with Crippen molar-refractivity contribution in [2.75, 3.05) is 0 Å². The molecule has 0 N–H and O–H groups in total. The molecule has 4 aliphatic rings. The second-order valence-corrected chi connectivity index (χ2v) is 9.10. The summed E-state index contributed by atoms with van der Waals surface area (Å²) < 4.78 is 0. The van der Waals surface area contributed by atoms with Gasteiger partial charge in [-0.05, 0) is 72.3 Å². The Bertz CT molecular complexity index is 723. The summed E-state index contributed by atoms with van der Waals surface area (Å²) in [5.74, 6) is 2.02. The molecule has 0 aromatic carbocycles. The first-order chi connectivity index (χ1) is 11.3. The highest BCUT2D eigenvalue weighted by Crippen LogP contribution is 2.67. The molecule has 6 atom stereocenters. The lowest BCUT2D eigenvalue weighted by Gasteiger charge is -2.58. The molecule has 0 saturated heterocycles. The molecule has 0 aromatic heterocycles. The van der Waals surface area contributed by atoms with Gasteiger partial charge in [0.15, 0.2) is 5.78 Å². The molecule has 2 nitrogen and oxygen atoms in total. The average molecular weight is 321 g/mol. The molecule has 0 spiro atoms. The lowest BCUT2D eigenvalue weighted by molar-refractivity contribution is -0.117. The van der Waals surface area contributed by atoms with E-state index in [1.807, 2.05) is 6.08 Å². The summed E-state index contributed by atoms with van der Waals surface area (Å²) in [5, 5.41) is 9.68. The summed E-state index contributed by atoms with van der Waals surface area (Å²) in [4.78, 5) is 12.0. The van der Waals surface area contributed by atoms with Crippen LogP contribution in [0.2, 0.25) is 0 Å². The Balaban J connectivity index is 1.76. The van der Waals surface area contributed by atoms with Crippen LogP contribution in [0.1, 0.15) is 52.4 Å². The number of nitriles is 1. The molecule has 0 aromatic rings. The van der Waals surface area contributed by atoms with Gasteiger partial charge in [-0.3, -0.25) is 4.79 Å². The average Bonchev–Trinajstić information content (AvgIpc) is 2.79. The summed E-state index contributed by atoms with van der Waals surface area (Å²) in [6, 6.07) is 2.55. The monoisotopic (exact) mass is 321 g/mol. The molecule has 0 heterocycles. The number of carbonyl (C=O) groups is 1. The molecule has 4 aliphatic carbocycles. The largest absolute Gasteiger partial charge is 0.295 e. The van der Waals surface area contributed by atoms with Crippen molar-refractivity contribution in [1.82, 2.24) is 0 Å². The number of hydrogen-bond acceptors (Lipinski definition) is 2. The number of hydrogen-bond donors (Lipinski definition) is 0. The molecule has 0 amide bonds. The van der Waals surface area contributed by atoms with Gasteiger partial charge in [0.05, 0.1) is 12.0 Å². The van der Waals surface area contributed by atoms with E-state index in [2.05, 4.69) is 33.1 Å². The molecule has 0 bridgehead atoms.